The highest BCUT2D eigenvalue weighted by atomic mass is 16.3. The standard InChI is InChI=1S/C15H23N3O/c19-12-13-10-16-14(17-11-13)18-8-6-15(7-9-18)4-2-1-3-5-15/h10-11,19H,1-9,12H2. The van der Waals surface area contributed by atoms with Crippen molar-refractivity contribution in [1.82, 2.24) is 9.97 Å². The molecule has 19 heavy (non-hydrogen) atoms. The zero-order valence-electron chi connectivity index (χ0n) is 11.5. The van der Waals surface area contributed by atoms with Gasteiger partial charge in [0.15, 0.2) is 0 Å². The zero-order valence-corrected chi connectivity index (χ0v) is 11.5. The summed E-state index contributed by atoms with van der Waals surface area (Å²) in [5.41, 5.74) is 1.41. The number of aliphatic hydroxyl groups excluding tert-OH is 1. The second-order valence-electron chi connectivity index (χ2n) is 6.10. The van der Waals surface area contributed by atoms with Gasteiger partial charge in [0.1, 0.15) is 0 Å². The minimum absolute atomic E-state index is 0.0173. The largest absolute Gasteiger partial charge is 0.392 e. The maximum atomic E-state index is 9.01. The fourth-order valence-electron chi connectivity index (χ4n) is 3.58. The van der Waals surface area contributed by atoms with Gasteiger partial charge in [-0.15, -0.1) is 0 Å². The first-order chi connectivity index (χ1) is 9.31. The van der Waals surface area contributed by atoms with Crippen LogP contribution in [-0.4, -0.2) is 28.2 Å². The fraction of sp³-hybridized carbons (Fsp3) is 0.733. The first-order valence-corrected chi connectivity index (χ1v) is 7.48. The Hall–Kier alpha value is -1.16. The van der Waals surface area contributed by atoms with Crippen molar-refractivity contribution in [2.45, 2.75) is 51.6 Å². The molecule has 1 spiro atoms. The number of anilines is 1. The predicted molar refractivity (Wildman–Crippen MR) is 74.9 cm³/mol. The molecule has 4 heteroatoms. The molecule has 2 heterocycles. The molecule has 2 fully saturated rings. The van der Waals surface area contributed by atoms with E-state index in [0.29, 0.717) is 5.41 Å². The first-order valence-electron chi connectivity index (χ1n) is 7.48. The van der Waals surface area contributed by atoms with Crippen LogP contribution in [0.3, 0.4) is 0 Å². The van der Waals surface area contributed by atoms with Crippen LogP contribution < -0.4 is 4.90 Å². The van der Waals surface area contributed by atoms with E-state index in [1.165, 1.54) is 44.9 Å². The maximum absolute atomic E-state index is 9.01. The molecule has 0 amide bonds. The molecule has 1 saturated carbocycles. The molecule has 1 aromatic heterocycles. The summed E-state index contributed by atoms with van der Waals surface area (Å²) in [5, 5.41) is 9.01. The summed E-state index contributed by atoms with van der Waals surface area (Å²) in [5.74, 6) is 0.822. The van der Waals surface area contributed by atoms with E-state index in [0.717, 1.165) is 24.6 Å². The van der Waals surface area contributed by atoms with Crippen molar-refractivity contribution < 1.29 is 5.11 Å². The Morgan fingerprint density at radius 2 is 1.63 bits per heavy atom. The van der Waals surface area contributed by atoms with Gasteiger partial charge in [-0.25, -0.2) is 9.97 Å². The van der Waals surface area contributed by atoms with Gasteiger partial charge in [0.25, 0.3) is 0 Å². The third-order valence-electron chi connectivity index (χ3n) is 4.90. The predicted octanol–water partition coefficient (Wildman–Crippen LogP) is 2.52. The normalized spacial score (nSPS) is 22.7. The highest BCUT2D eigenvalue weighted by Gasteiger charge is 2.35. The van der Waals surface area contributed by atoms with Crippen LogP contribution in [0.2, 0.25) is 0 Å². The van der Waals surface area contributed by atoms with Crippen molar-refractivity contribution in [2.24, 2.45) is 5.41 Å². The van der Waals surface area contributed by atoms with Crippen LogP contribution in [-0.2, 0) is 6.61 Å². The number of hydrogen-bond acceptors (Lipinski definition) is 4. The van der Waals surface area contributed by atoms with Crippen molar-refractivity contribution in [3.63, 3.8) is 0 Å². The number of rotatable bonds is 2. The average Bonchev–Trinajstić information content (AvgIpc) is 2.49. The molecular weight excluding hydrogens is 238 g/mol. The average molecular weight is 261 g/mol. The molecule has 3 rings (SSSR count). The number of piperidine rings is 1. The van der Waals surface area contributed by atoms with Gasteiger partial charge in [-0.3, -0.25) is 0 Å². The topological polar surface area (TPSA) is 49.3 Å². The molecular formula is C15H23N3O. The molecule has 1 saturated heterocycles. The van der Waals surface area contributed by atoms with E-state index < -0.39 is 0 Å². The maximum Gasteiger partial charge on any atom is 0.225 e. The summed E-state index contributed by atoms with van der Waals surface area (Å²) < 4.78 is 0. The molecule has 0 unspecified atom stereocenters. The summed E-state index contributed by atoms with van der Waals surface area (Å²) in [6.45, 7) is 2.18. The summed E-state index contributed by atoms with van der Waals surface area (Å²) in [6, 6.07) is 0. The third-order valence-corrected chi connectivity index (χ3v) is 4.90. The summed E-state index contributed by atoms with van der Waals surface area (Å²) in [7, 11) is 0. The molecule has 104 valence electrons. The van der Waals surface area contributed by atoms with Gasteiger partial charge in [0.2, 0.25) is 5.95 Å². The minimum atomic E-state index is 0.0173. The molecule has 0 atom stereocenters. The SMILES string of the molecule is OCc1cnc(N2CCC3(CCCCC3)CC2)nc1. The van der Waals surface area contributed by atoms with E-state index in [1.807, 2.05) is 0 Å². The van der Waals surface area contributed by atoms with Crippen LogP contribution in [0.4, 0.5) is 5.95 Å². The summed E-state index contributed by atoms with van der Waals surface area (Å²) in [4.78, 5) is 11.0. The van der Waals surface area contributed by atoms with Gasteiger partial charge in [-0.1, -0.05) is 19.3 Å². The highest BCUT2D eigenvalue weighted by molar-refractivity contribution is 5.30. The molecule has 0 radical (unpaired) electrons. The van der Waals surface area contributed by atoms with Crippen molar-refractivity contribution in [2.75, 3.05) is 18.0 Å². The van der Waals surface area contributed by atoms with Crippen LogP contribution in [0.15, 0.2) is 12.4 Å². The van der Waals surface area contributed by atoms with Crippen molar-refractivity contribution in [1.29, 1.82) is 0 Å². The van der Waals surface area contributed by atoms with E-state index in [-0.39, 0.29) is 6.61 Å². The van der Waals surface area contributed by atoms with Crippen LogP contribution in [0.5, 0.6) is 0 Å². The molecule has 1 aromatic rings. The van der Waals surface area contributed by atoms with Crippen LogP contribution >= 0.6 is 0 Å². The zero-order chi connectivity index (χ0) is 13.1. The van der Waals surface area contributed by atoms with Gasteiger partial charge in [0, 0.05) is 31.0 Å². The fourth-order valence-corrected chi connectivity index (χ4v) is 3.58. The lowest BCUT2D eigenvalue weighted by Crippen LogP contribution is -2.41. The second kappa shape index (κ2) is 5.45. The van der Waals surface area contributed by atoms with Gasteiger partial charge in [-0.05, 0) is 31.1 Å². The Morgan fingerprint density at radius 1 is 1.00 bits per heavy atom. The molecule has 4 nitrogen and oxygen atoms in total. The Kier molecular flexibility index (Phi) is 3.69. The minimum Gasteiger partial charge on any atom is -0.392 e. The summed E-state index contributed by atoms with van der Waals surface area (Å²) >= 11 is 0. The van der Waals surface area contributed by atoms with Crippen molar-refractivity contribution >= 4 is 5.95 Å². The van der Waals surface area contributed by atoms with E-state index in [4.69, 9.17) is 5.11 Å². The lowest BCUT2D eigenvalue weighted by Gasteiger charge is -2.44. The monoisotopic (exact) mass is 261 g/mol. The van der Waals surface area contributed by atoms with E-state index in [1.54, 1.807) is 12.4 Å². The van der Waals surface area contributed by atoms with Crippen molar-refractivity contribution in [3.8, 4) is 0 Å². The van der Waals surface area contributed by atoms with Crippen molar-refractivity contribution in [3.05, 3.63) is 18.0 Å². The third kappa shape index (κ3) is 2.73. The Bertz CT molecular complexity index is 402. The van der Waals surface area contributed by atoms with Gasteiger partial charge in [0.05, 0.1) is 6.61 Å². The Morgan fingerprint density at radius 3 is 2.21 bits per heavy atom. The van der Waals surface area contributed by atoms with Gasteiger partial charge >= 0.3 is 0 Å². The molecule has 0 bridgehead atoms. The van der Waals surface area contributed by atoms with Crippen LogP contribution in [0, 0.1) is 5.41 Å². The van der Waals surface area contributed by atoms with Gasteiger partial charge < -0.3 is 10.0 Å². The molecule has 1 aliphatic carbocycles. The lowest BCUT2D eigenvalue weighted by molar-refractivity contribution is 0.144. The number of aromatic nitrogens is 2. The number of hydrogen-bond donors (Lipinski definition) is 1. The quantitative estimate of drug-likeness (QED) is 0.888. The lowest BCUT2D eigenvalue weighted by atomic mass is 9.68. The first kappa shape index (κ1) is 12.9. The highest BCUT2D eigenvalue weighted by Crippen LogP contribution is 2.44. The van der Waals surface area contributed by atoms with Crippen LogP contribution in [0.25, 0.3) is 0 Å². The number of nitrogens with zero attached hydrogens (tertiary/aromatic N) is 3. The smallest absolute Gasteiger partial charge is 0.225 e. The molecule has 0 aromatic carbocycles. The second-order valence-corrected chi connectivity index (χ2v) is 6.10. The van der Waals surface area contributed by atoms with E-state index in [2.05, 4.69) is 14.9 Å². The van der Waals surface area contributed by atoms with Gasteiger partial charge in [-0.2, -0.15) is 0 Å². The Balaban J connectivity index is 1.62. The van der Waals surface area contributed by atoms with E-state index >= 15 is 0 Å². The molecule has 2 aliphatic rings. The molecule has 1 aliphatic heterocycles. The molecule has 1 N–H and O–H groups in total. The Labute approximate surface area is 114 Å². The summed E-state index contributed by atoms with van der Waals surface area (Å²) in [6.07, 6.45) is 13.1. The van der Waals surface area contributed by atoms with Crippen LogP contribution in [0.1, 0.15) is 50.5 Å². The van der Waals surface area contributed by atoms with E-state index in [9.17, 15) is 0 Å². The number of aliphatic hydroxyl groups is 1.